The maximum Gasteiger partial charge on any atom is 0.255 e. The second-order valence-electron chi connectivity index (χ2n) is 7.51. The molecule has 8 heteroatoms. The van der Waals surface area contributed by atoms with Crippen molar-refractivity contribution in [1.82, 2.24) is 14.9 Å². The molecule has 1 heterocycles. The van der Waals surface area contributed by atoms with E-state index in [0.29, 0.717) is 22.3 Å². The van der Waals surface area contributed by atoms with Gasteiger partial charge in [0.15, 0.2) is 0 Å². The van der Waals surface area contributed by atoms with Gasteiger partial charge in [0.05, 0.1) is 22.3 Å². The van der Waals surface area contributed by atoms with Crippen molar-refractivity contribution in [3.8, 4) is 5.69 Å². The highest BCUT2D eigenvalue weighted by Gasteiger charge is 2.16. The van der Waals surface area contributed by atoms with E-state index in [2.05, 4.69) is 15.6 Å². The number of primary amides is 1. The van der Waals surface area contributed by atoms with Crippen molar-refractivity contribution < 1.29 is 14.4 Å². The van der Waals surface area contributed by atoms with E-state index in [4.69, 9.17) is 5.73 Å². The highest BCUT2D eigenvalue weighted by Crippen LogP contribution is 2.23. The summed E-state index contributed by atoms with van der Waals surface area (Å²) >= 11 is 0. The molecule has 4 aromatic rings. The Labute approximate surface area is 190 Å². The summed E-state index contributed by atoms with van der Waals surface area (Å²) in [7, 11) is 0. The van der Waals surface area contributed by atoms with E-state index < -0.39 is 11.8 Å². The summed E-state index contributed by atoms with van der Waals surface area (Å²) < 4.78 is 2.03. The minimum atomic E-state index is -0.503. The normalized spacial score (nSPS) is 10.7. The molecular formula is C25H23N5O3. The van der Waals surface area contributed by atoms with Gasteiger partial charge >= 0.3 is 0 Å². The summed E-state index contributed by atoms with van der Waals surface area (Å²) in [6, 6.07) is 21.9. The van der Waals surface area contributed by atoms with Crippen LogP contribution in [0.2, 0.25) is 0 Å². The summed E-state index contributed by atoms with van der Waals surface area (Å²) in [6.45, 7) is 2.04. The van der Waals surface area contributed by atoms with Crippen LogP contribution in [-0.4, -0.2) is 33.8 Å². The number of nitrogens with two attached hydrogens (primary N) is 1. The van der Waals surface area contributed by atoms with Crippen molar-refractivity contribution in [3.63, 3.8) is 0 Å². The number of rotatable bonds is 7. The zero-order valence-electron chi connectivity index (χ0n) is 18.0. The maximum absolute atomic E-state index is 13.0. The monoisotopic (exact) mass is 441 g/mol. The molecular weight excluding hydrogens is 418 g/mol. The third kappa shape index (κ3) is 4.74. The molecule has 0 unspecified atom stereocenters. The molecule has 0 aliphatic heterocycles. The average Bonchev–Trinajstić information content (AvgIpc) is 3.14. The fourth-order valence-electron chi connectivity index (χ4n) is 3.62. The number of aryl methyl sites for hydroxylation is 1. The SMILES string of the molecule is Cc1nc2cc(C(=O)Nc3ccccc3C(=O)NCCC(N)=O)ccc2n1-c1ccccc1. The molecule has 4 N–H and O–H groups in total. The first-order chi connectivity index (χ1) is 15.9. The molecule has 3 aromatic carbocycles. The van der Waals surface area contributed by atoms with Crippen LogP contribution in [0, 0.1) is 6.92 Å². The van der Waals surface area contributed by atoms with Crippen LogP contribution >= 0.6 is 0 Å². The predicted octanol–water partition coefficient (Wildman–Crippen LogP) is 3.19. The number of benzene rings is 3. The molecule has 0 fully saturated rings. The zero-order valence-corrected chi connectivity index (χ0v) is 18.0. The lowest BCUT2D eigenvalue weighted by Gasteiger charge is -2.11. The molecule has 0 saturated carbocycles. The molecule has 33 heavy (non-hydrogen) atoms. The van der Waals surface area contributed by atoms with Gasteiger partial charge in [-0.05, 0) is 49.4 Å². The molecule has 166 valence electrons. The molecule has 0 radical (unpaired) electrons. The van der Waals surface area contributed by atoms with Crippen molar-refractivity contribution in [3.05, 3.63) is 89.7 Å². The van der Waals surface area contributed by atoms with Gasteiger partial charge in [-0.25, -0.2) is 4.98 Å². The van der Waals surface area contributed by atoms with Gasteiger partial charge in [-0.3, -0.25) is 19.0 Å². The molecule has 8 nitrogen and oxygen atoms in total. The summed E-state index contributed by atoms with van der Waals surface area (Å²) in [6.07, 6.45) is 0.0370. The van der Waals surface area contributed by atoms with Crippen LogP contribution in [0.1, 0.15) is 33.0 Å². The summed E-state index contributed by atoms with van der Waals surface area (Å²) in [4.78, 5) is 41.0. The number of para-hydroxylation sites is 2. The Balaban J connectivity index is 1.57. The van der Waals surface area contributed by atoms with Gasteiger partial charge in [0.2, 0.25) is 5.91 Å². The fraction of sp³-hybridized carbons (Fsp3) is 0.120. The van der Waals surface area contributed by atoms with E-state index in [0.717, 1.165) is 17.0 Å². The van der Waals surface area contributed by atoms with E-state index in [9.17, 15) is 14.4 Å². The number of hydrogen-bond donors (Lipinski definition) is 3. The first-order valence-electron chi connectivity index (χ1n) is 10.5. The highest BCUT2D eigenvalue weighted by atomic mass is 16.2. The van der Waals surface area contributed by atoms with Crippen LogP contribution in [0.3, 0.4) is 0 Å². The van der Waals surface area contributed by atoms with Crippen LogP contribution in [0.5, 0.6) is 0 Å². The average molecular weight is 441 g/mol. The van der Waals surface area contributed by atoms with Gasteiger partial charge in [-0.2, -0.15) is 0 Å². The number of anilines is 1. The molecule has 0 aliphatic rings. The molecule has 4 rings (SSSR count). The van der Waals surface area contributed by atoms with E-state index in [1.165, 1.54) is 0 Å². The second-order valence-corrected chi connectivity index (χ2v) is 7.51. The minimum Gasteiger partial charge on any atom is -0.370 e. The quantitative estimate of drug-likeness (QED) is 0.408. The molecule has 1 aromatic heterocycles. The van der Waals surface area contributed by atoms with Crippen molar-refractivity contribution in [1.29, 1.82) is 0 Å². The Hall–Kier alpha value is -4.46. The first-order valence-corrected chi connectivity index (χ1v) is 10.5. The van der Waals surface area contributed by atoms with Gasteiger partial charge in [-0.1, -0.05) is 30.3 Å². The molecule has 0 aliphatic carbocycles. The Kier molecular flexibility index (Phi) is 6.17. The highest BCUT2D eigenvalue weighted by molar-refractivity contribution is 6.10. The Bertz CT molecular complexity index is 1340. The van der Waals surface area contributed by atoms with Crippen LogP contribution in [0.4, 0.5) is 5.69 Å². The number of carbonyl (C=O) groups is 3. The van der Waals surface area contributed by atoms with Gasteiger partial charge in [0, 0.05) is 24.2 Å². The van der Waals surface area contributed by atoms with Crippen LogP contribution in [0.25, 0.3) is 16.7 Å². The van der Waals surface area contributed by atoms with E-state index in [1.807, 2.05) is 47.9 Å². The lowest BCUT2D eigenvalue weighted by Crippen LogP contribution is -2.28. The number of imidazole rings is 1. The van der Waals surface area contributed by atoms with Crippen LogP contribution in [-0.2, 0) is 4.79 Å². The zero-order chi connectivity index (χ0) is 23.4. The summed E-state index contributed by atoms with van der Waals surface area (Å²) in [5.41, 5.74) is 8.77. The maximum atomic E-state index is 13.0. The Morgan fingerprint density at radius 1 is 0.939 bits per heavy atom. The topological polar surface area (TPSA) is 119 Å². The third-order valence-corrected chi connectivity index (χ3v) is 5.18. The first kappa shape index (κ1) is 21.8. The number of nitrogens with one attached hydrogen (secondary N) is 2. The summed E-state index contributed by atoms with van der Waals surface area (Å²) in [5, 5.41) is 5.43. The number of hydrogen-bond acceptors (Lipinski definition) is 4. The minimum absolute atomic E-state index is 0.0370. The standard InChI is InChI=1S/C25H23N5O3/c1-16-28-21-15-17(11-12-22(21)30(16)18-7-3-2-4-8-18)24(32)29-20-10-6-5-9-19(20)25(33)27-14-13-23(26)31/h2-12,15H,13-14H2,1H3,(H2,26,31)(H,27,33)(H,29,32). The Morgan fingerprint density at radius 3 is 2.42 bits per heavy atom. The molecule has 0 spiro atoms. The fourth-order valence-corrected chi connectivity index (χ4v) is 3.62. The largest absolute Gasteiger partial charge is 0.370 e. The lowest BCUT2D eigenvalue weighted by atomic mass is 10.1. The molecule has 0 atom stereocenters. The van der Waals surface area contributed by atoms with Crippen molar-refractivity contribution in [2.75, 3.05) is 11.9 Å². The van der Waals surface area contributed by atoms with E-state index in [-0.39, 0.29) is 18.9 Å². The second kappa shape index (κ2) is 9.35. The smallest absolute Gasteiger partial charge is 0.255 e. The predicted molar refractivity (Wildman–Crippen MR) is 126 cm³/mol. The van der Waals surface area contributed by atoms with E-state index in [1.54, 1.807) is 36.4 Å². The van der Waals surface area contributed by atoms with Crippen molar-refractivity contribution >= 4 is 34.4 Å². The van der Waals surface area contributed by atoms with Gasteiger partial charge < -0.3 is 16.4 Å². The number of amides is 3. The number of fused-ring (bicyclic) bond motifs is 1. The van der Waals surface area contributed by atoms with Gasteiger partial charge in [0.25, 0.3) is 11.8 Å². The molecule has 3 amide bonds. The summed E-state index contributed by atoms with van der Waals surface area (Å²) in [5.74, 6) is -0.454. The van der Waals surface area contributed by atoms with Crippen molar-refractivity contribution in [2.24, 2.45) is 5.73 Å². The van der Waals surface area contributed by atoms with Crippen LogP contribution in [0.15, 0.2) is 72.8 Å². The lowest BCUT2D eigenvalue weighted by molar-refractivity contribution is -0.117. The molecule has 0 saturated heterocycles. The molecule has 0 bridgehead atoms. The Morgan fingerprint density at radius 2 is 1.67 bits per heavy atom. The van der Waals surface area contributed by atoms with Crippen LogP contribution < -0.4 is 16.4 Å². The van der Waals surface area contributed by atoms with E-state index >= 15 is 0 Å². The van der Waals surface area contributed by atoms with Gasteiger partial charge in [-0.15, -0.1) is 0 Å². The van der Waals surface area contributed by atoms with Crippen molar-refractivity contribution in [2.45, 2.75) is 13.3 Å². The van der Waals surface area contributed by atoms with Gasteiger partial charge in [0.1, 0.15) is 5.82 Å². The number of carbonyl (C=O) groups excluding carboxylic acids is 3. The number of nitrogens with zero attached hydrogens (tertiary/aromatic N) is 2. The number of aromatic nitrogens is 2. The third-order valence-electron chi connectivity index (χ3n) is 5.18.